The number of carbonyl (C=O) groups excluding carboxylic acids is 2. The Balaban J connectivity index is 2.06. The first kappa shape index (κ1) is 8.89. The van der Waals surface area contributed by atoms with Crippen LogP contribution < -0.4 is 0 Å². The van der Waals surface area contributed by atoms with Gasteiger partial charge in [0.05, 0.1) is 0 Å². The second kappa shape index (κ2) is 2.60. The van der Waals surface area contributed by atoms with Gasteiger partial charge in [0.2, 0.25) is 0 Å². The number of carbonyl (C=O) groups is 2. The number of cyclic esters (lactones) is 2. The van der Waals surface area contributed by atoms with Crippen molar-refractivity contribution < 1.29 is 14.3 Å². The molecule has 3 heteroatoms. The first-order valence-electron chi connectivity index (χ1n) is 5.27. The third kappa shape index (κ3) is 0.784. The van der Waals surface area contributed by atoms with Crippen molar-refractivity contribution in [2.45, 2.75) is 12.8 Å². The number of ether oxygens (including phenoxy) is 1. The Kier molecular flexibility index (Phi) is 1.54. The zero-order valence-corrected chi connectivity index (χ0v) is 8.31. The fourth-order valence-electron chi connectivity index (χ4n) is 3.41. The highest BCUT2D eigenvalue weighted by molar-refractivity contribution is 6.15. The number of esters is 2. The Morgan fingerprint density at radius 1 is 1.47 bits per heavy atom. The average Bonchev–Trinajstić information content (AvgIpc) is 2.78. The minimum absolute atomic E-state index is 0.0706. The molecule has 0 aromatic carbocycles. The maximum atomic E-state index is 11.6. The van der Waals surface area contributed by atoms with E-state index in [9.17, 15) is 9.59 Å². The van der Waals surface area contributed by atoms with Gasteiger partial charge in [0.15, 0.2) is 5.41 Å². The highest BCUT2D eigenvalue weighted by Crippen LogP contribution is 2.61. The molecule has 1 heterocycles. The van der Waals surface area contributed by atoms with Gasteiger partial charge in [-0.25, -0.2) is 0 Å². The lowest BCUT2D eigenvalue weighted by molar-refractivity contribution is -0.204. The fraction of sp³-hybridized carbons (Fsp3) is 0.500. The second-order valence-corrected chi connectivity index (χ2v) is 4.57. The summed E-state index contributed by atoms with van der Waals surface area (Å²) in [6.45, 7) is 3.69. The van der Waals surface area contributed by atoms with Gasteiger partial charge >= 0.3 is 11.9 Å². The molecule has 0 N–H and O–H groups in total. The summed E-state index contributed by atoms with van der Waals surface area (Å²) in [5.74, 6) is -0.142. The van der Waals surface area contributed by atoms with Crippen LogP contribution in [0, 0.1) is 23.2 Å². The molecule has 0 aromatic rings. The monoisotopic (exact) mass is 204 g/mol. The fourth-order valence-corrected chi connectivity index (χ4v) is 3.41. The number of hydrogen-bond donors (Lipinski definition) is 0. The molecule has 3 atom stereocenters. The second-order valence-electron chi connectivity index (χ2n) is 4.57. The van der Waals surface area contributed by atoms with E-state index < -0.39 is 5.41 Å². The van der Waals surface area contributed by atoms with Gasteiger partial charge in [-0.1, -0.05) is 18.2 Å². The van der Waals surface area contributed by atoms with E-state index in [0.29, 0.717) is 12.3 Å². The van der Waals surface area contributed by atoms with E-state index in [1.54, 1.807) is 6.08 Å². The number of allylic oxidation sites excluding steroid dienone is 3. The molecule has 3 aliphatic rings. The lowest BCUT2D eigenvalue weighted by atomic mass is 9.64. The van der Waals surface area contributed by atoms with Crippen molar-refractivity contribution in [2.75, 3.05) is 0 Å². The van der Waals surface area contributed by atoms with Crippen LogP contribution in [0.1, 0.15) is 12.8 Å². The molecular formula is C12H12O3. The first-order chi connectivity index (χ1) is 7.21. The van der Waals surface area contributed by atoms with Gasteiger partial charge in [-0.3, -0.25) is 9.59 Å². The number of fused-ring (bicyclic) bond motifs is 3. The van der Waals surface area contributed by atoms with Crippen LogP contribution in [0.25, 0.3) is 0 Å². The van der Waals surface area contributed by atoms with E-state index in [0.717, 1.165) is 6.42 Å². The quantitative estimate of drug-likeness (QED) is 0.388. The standard InChI is InChI=1S/C12H12O3/c1-2-3-9-7-4-5-8(6-7)12(9)10(13)15-11(12)14/h2,4-5,7-9H,1,3,6H2. The van der Waals surface area contributed by atoms with Crippen LogP contribution >= 0.6 is 0 Å². The largest absolute Gasteiger partial charge is 0.391 e. The summed E-state index contributed by atoms with van der Waals surface area (Å²) in [4.78, 5) is 23.3. The van der Waals surface area contributed by atoms with Crippen LogP contribution in [0.3, 0.4) is 0 Å². The lowest BCUT2D eigenvalue weighted by Gasteiger charge is -2.42. The van der Waals surface area contributed by atoms with E-state index in [4.69, 9.17) is 0 Å². The molecule has 2 fully saturated rings. The summed E-state index contributed by atoms with van der Waals surface area (Å²) < 4.78 is 4.56. The van der Waals surface area contributed by atoms with Crippen molar-refractivity contribution in [3.63, 3.8) is 0 Å². The molecule has 3 nitrogen and oxygen atoms in total. The van der Waals surface area contributed by atoms with Crippen molar-refractivity contribution in [1.82, 2.24) is 0 Å². The van der Waals surface area contributed by atoms with Crippen molar-refractivity contribution in [1.29, 1.82) is 0 Å². The predicted octanol–water partition coefficient (Wildman–Crippen LogP) is 1.45. The van der Waals surface area contributed by atoms with E-state index in [2.05, 4.69) is 17.4 Å². The van der Waals surface area contributed by atoms with Crippen LogP contribution in [0.15, 0.2) is 24.8 Å². The summed E-state index contributed by atoms with van der Waals surface area (Å²) in [6.07, 6.45) is 7.55. The van der Waals surface area contributed by atoms with E-state index >= 15 is 0 Å². The molecule has 1 saturated carbocycles. The smallest absolute Gasteiger partial charge is 0.332 e. The number of rotatable bonds is 2. The molecule has 0 aromatic heterocycles. The van der Waals surface area contributed by atoms with Crippen LogP contribution in [0.4, 0.5) is 0 Å². The van der Waals surface area contributed by atoms with Gasteiger partial charge in [-0.2, -0.15) is 0 Å². The van der Waals surface area contributed by atoms with E-state index in [-0.39, 0.29) is 23.8 Å². The molecule has 0 amide bonds. The van der Waals surface area contributed by atoms with Crippen molar-refractivity contribution in [3.05, 3.63) is 24.8 Å². The van der Waals surface area contributed by atoms with Crippen molar-refractivity contribution in [2.24, 2.45) is 23.2 Å². The molecule has 1 saturated heterocycles. The van der Waals surface area contributed by atoms with Crippen LogP contribution in [0.5, 0.6) is 0 Å². The van der Waals surface area contributed by atoms with Gasteiger partial charge in [-0.05, 0) is 24.7 Å². The molecule has 15 heavy (non-hydrogen) atoms. The van der Waals surface area contributed by atoms with Crippen LogP contribution in [0.2, 0.25) is 0 Å². The highest BCUT2D eigenvalue weighted by Gasteiger charge is 2.72. The Hall–Kier alpha value is -1.38. The topological polar surface area (TPSA) is 43.4 Å². The maximum Gasteiger partial charge on any atom is 0.332 e. The van der Waals surface area contributed by atoms with Gasteiger partial charge in [0.1, 0.15) is 0 Å². The van der Waals surface area contributed by atoms with Crippen molar-refractivity contribution in [3.8, 4) is 0 Å². The molecule has 2 aliphatic carbocycles. The Labute approximate surface area is 87.8 Å². The van der Waals surface area contributed by atoms with Crippen LogP contribution in [-0.2, 0) is 14.3 Å². The molecule has 1 spiro atoms. The third-order valence-electron chi connectivity index (χ3n) is 4.08. The van der Waals surface area contributed by atoms with Crippen molar-refractivity contribution >= 4 is 11.9 Å². The summed E-state index contributed by atoms with van der Waals surface area (Å²) in [5.41, 5.74) is -0.840. The van der Waals surface area contributed by atoms with Gasteiger partial charge < -0.3 is 4.74 Å². The van der Waals surface area contributed by atoms with Gasteiger partial charge in [0.25, 0.3) is 0 Å². The zero-order valence-electron chi connectivity index (χ0n) is 8.31. The Morgan fingerprint density at radius 2 is 2.20 bits per heavy atom. The van der Waals surface area contributed by atoms with E-state index in [1.165, 1.54) is 0 Å². The van der Waals surface area contributed by atoms with Gasteiger partial charge in [0, 0.05) is 5.92 Å². The molecule has 0 radical (unpaired) electrons. The third-order valence-corrected chi connectivity index (χ3v) is 4.08. The summed E-state index contributed by atoms with van der Waals surface area (Å²) in [5, 5.41) is 0. The molecule has 1 aliphatic heterocycles. The molecular weight excluding hydrogens is 192 g/mol. The molecule has 3 rings (SSSR count). The summed E-state index contributed by atoms with van der Waals surface area (Å²) in [7, 11) is 0. The van der Waals surface area contributed by atoms with Crippen LogP contribution in [-0.4, -0.2) is 11.9 Å². The molecule has 78 valence electrons. The van der Waals surface area contributed by atoms with E-state index in [1.807, 2.05) is 6.08 Å². The lowest BCUT2D eigenvalue weighted by Crippen LogP contribution is -2.59. The minimum atomic E-state index is -0.840. The summed E-state index contributed by atoms with van der Waals surface area (Å²) in [6, 6.07) is 0. The number of hydrogen-bond acceptors (Lipinski definition) is 3. The molecule has 2 bridgehead atoms. The predicted molar refractivity (Wildman–Crippen MR) is 52.6 cm³/mol. The summed E-state index contributed by atoms with van der Waals surface area (Å²) >= 11 is 0. The normalized spacial score (nSPS) is 39.3. The first-order valence-corrected chi connectivity index (χ1v) is 5.27. The maximum absolute atomic E-state index is 11.6. The average molecular weight is 204 g/mol. The molecule has 3 unspecified atom stereocenters. The van der Waals surface area contributed by atoms with Gasteiger partial charge in [-0.15, -0.1) is 6.58 Å². The minimum Gasteiger partial charge on any atom is -0.391 e. The Bertz CT molecular complexity index is 380. The Morgan fingerprint density at radius 3 is 2.80 bits per heavy atom. The SMILES string of the molecule is C=CCC1C2C=CC(C2)C12C(=O)OC2=O. The zero-order chi connectivity index (χ0) is 10.6. The highest BCUT2D eigenvalue weighted by atomic mass is 16.6.